The van der Waals surface area contributed by atoms with Gasteiger partial charge in [0.15, 0.2) is 0 Å². The lowest BCUT2D eigenvalue weighted by atomic mass is 10.0. The highest BCUT2D eigenvalue weighted by Crippen LogP contribution is 2.38. The Kier molecular flexibility index (Phi) is 6.52. The van der Waals surface area contributed by atoms with Gasteiger partial charge in [0.05, 0.1) is 20.3 Å². The number of benzene rings is 1. The van der Waals surface area contributed by atoms with Gasteiger partial charge in [0.25, 0.3) is 0 Å². The van der Waals surface area contributed by atoms with Crippen LogP contribution in [0.1, 0.15) is 30.9 Å². The first-order valence-electron chi connectivity index (χ1n) is 7.96. The van der Waals surface area contributed by atoms with Gasteiger partial charge in [-0.2, -0.15) is 0 Å². The average Bonchev–Trinajstić information content (AvgIpc) is 3.07. The molecule has 2 amide bonds. The molecular formula is C17H26N2O4. The SMILES string of the molecule is COCCCNC(=O)N1CCC[C@@H]1c1cc(OC)ccc1OC. The van der Waals surface area contributed by atoms with Crippen LogP contribution in [0.3, 0.4) is 0 Å². The lowest BCUT2D eigenvalue weighted by molar-refractivity contribution is 0.182. The minimum Gasteiger partial charge on any atom is -0.497 e. The predicted molar refractivity (Wildman–Crippen MR) is 88.1 cm³/mol. The summed E-state index contributed by atoms with van der Waals surface area (Å²) in [5.41, 5.74) is 0.997. The zero-order chi connectivity index (χ0) is 16.7. The molecule has 1 aromatic rings. The Balaban J connectivity index is 2.10. The van der Waals surface area contributed by atoms with Crippen molar-refractivity contribution in [2.45, 2.75) is 25.3 Å². The molecular weight excluding hydrogens is 296 g/mol. The molecule has 0 aliphatic carbocycles. The number of nitrogens with one attached hydrogen (secondary N) is 1. The maximum Gasteiger partial charge on any atom is 0.317 e. The summed E-state index contributed by atoms with van der Waals surface area (Å²) in [5, 5.41) is 2.96. The van der Waals surface area contributed by atoms with Gasteiger partial charge in [-0.05, 0) is 37.5 Å². The van der Waals surface area contributed by atoms with Crippen molar-refractivity contribution in [2.24, 2.45) is 0 Å². The summed E-state index contributed by atoms with van der Waals surface area (Å²) in [6, 6.07) is 5.70. The van der Waals surface area contributed by atoms with Gasteiger partial charge < -0.3 is 24.4 Å². The van der Waals surface area contributed by atoms with Gasteiger partial charge >= 0.3 is 6.03 Å². The molecule has 1 atom stereocenters. The van der Waals surface area contributed by atoms with Crippen molar-refractivity contribution >= 4 is 6.03 Å². The number of hydrogen-bond donors (Lipinski definition) is 1. The van der Waals surface area contributed by atoms with E-state index in [1.165, 1.54) is 0 Å². The molecule has 128 valence electrons. The molecule has 1 aliphatic heterocycles. The van der Waals surface area contributed by atoms with E-state index in [2.05, 4.69) is 5.32 Å². The number of amides is 2. The standard InChI is InChI=1S/C17H26N2O4/c1-21-11-5-9-18-17(20)19-10-4-6-15(19)14-12-13(22-2)7-8-16(14)23-3/h7-8,12,15H,4-6,9-11H2,1-3H3,(H,18,20)/t15-/m1/s1. The van der Waals surface area contributed by atoms with Crippen LogP contribution >= 0.6 is 0 Å². The van der Waals surface area contributed by atoms with Crippen molar-refractivity contribution in [1.29, 1.82) is 0 Å². The molecule has 0 saturated carbocycles. The molecule has 0 spiro atoms. The zero-order valence-corrected chi connectivity index (χ0v) is 14.1. The van der Waals surface area contributed by atoms with Gasteiger partial charge in [0.1, 0.15) is 11.5 Å². The molecule has 1 heterocycles. The van der Waals surface area contributed by atoms with Gasteiger partial charge in [0.2, 0.25) is 0 Å². The van der Waals surface area contributed by atoms with Crippen molar-refractivity contribution < 1.29 is 19.0 Å². The molecule has 1 fully saturated rings. The fourth-order valence-corrected chi connectivity index (χ4v) is 2.95. The molecule has 0 unspecified atom stereocenters. The first kappa shape index (κ1) is 17.4. The average molecular weight is 322 g/mol. The summed E-state index contributed by atoms with van der Waals surface area (Å²) in [6.07, 6.45) is 2.72. The largest absolute Gasteiger partial charge is 0.497 e. The minimum absolute atomic E-state index is 0.0162. The summed E-state index contributed by atoms with van der Waals surface area (Å²) >= 11 is 0. The number of ether oxygens (including phenoxy) is 3. The van der Waals surface area contributed by atoms with Crippen LogP contribution in [0.4, 0.5) is 4.79 Å². The molecule has 1 N–H and O–H groups in total. The number of carbonyl (C=O) groups excluding carboxylic acids is 1. The number of rotatable bonds is 7. The van der Waals surface area contributed by atoms with E-state index in [4.69, 9.17) is 14.2 Å². The first-order chi connectivity index (χ1) is 11.2. The number of carbonyl (C=O) groups is 1. The van der Waals surface area contributed by atoms with Crippen LogP contribution in [-0.2, 0) is 4.74 Å². The molecule has 0 radical (unpaired) electrons. The van der Waals surface area contributed by atoms with E-state index in [0.717, 1.165) is 42.9 Å². The minimum atomic E-state index is -0.0338. The fourth-order valence-electron chi connectivity index (χ4n) is 2.95. The van der Waals surface area contributed by atoms with Gasteiger partial charge in [-0.1, -0.05) is 0 Å². The molecule has 23 heavy (non-hydrogen) atoms. The third-order valence-corrected chi connectivity index (χ3v) is 4.11. The highest BCUT2D eigenvalue weighted by Gasteiger charge is 2.32. The molecule has 0 aromatic heterocycles. The van der Waals surface area contributed by atoms with E-state index in [-0.39, 0.29) is 12.1 Å². The Bertz CT molecular complexity index is 521. The van der Waals surface area contributed by atoms with E-state index in [1.54, 1.807) is 21.3 Å². The Hall–Kier alpha value is -1.95. The zero-order valence-electron chi connectivity index (χ0n) is 14.1. The maximum absolute atomic E-state index is 12.4. The molecule has 6 heteroatoms. The summed E-state index contributed by atoms with van der Waals surface area (Å²) in [6.45, 7) is 2.01. The normalized spacial score (nSPS) is 17.2. The smallest absolute Gasteiger partial charge is 0.317 e. The maximum atomic E-state index is 12.4. The first-order valence-corrected chi connectivity index (χ1v) is 7.96. The molecule has 1 aliphatic rings. The van der Waals surface area contributed by atoms with Crippen LogP contribution < -0.4 is 14.8 Å². The van der Waals surface area contributed by atoms with Crippen molar-refractivity contribution in [3.63, 3.8) is 0 Å². The Morgan fingerprint density at radius 2 is 2.13 bits per heavy atom. The number of likely N-dealkylation sites (tertiary alicyclic amines) is 1. The van der Waals surface area contributed by atoms with Crippen molar-refractivity contribution in [1.82, 2.24) is 10.2 Å². The molecule has 1 aromatic carbocycles. The monoisotopic (exact) mass is 322 g/mol. The van der Waals surface area contributed by atoms with E-state index in [0.29, 0.717) is 13.2 Å². The van der Waals surface area contributed by atoms with Gasteiger partial charge in [-0.3, -0.25) is 0 Å². The van der Waals surface area contributed by atoms with Crippen LogP contribution in [-0.4, -0.2) is 52.0 Å². The third-order valence-electron chi connectivity index (χ3n) is 4.11. The van der Waals surface area contributed by atoms with Crippen LogP contribution in [0.5, 0.6) is 11.5 Å². The predicted octanol–water partition coefficient (Wildman–Crippen LogP) is 2.59. The summed E-state index contributed by atoms with van der Waals surface area (Å²) in [4.78, 5) is 14.3. The van der Waals surface area contributed by atoms with E-state index in [9.17, 15) is 4.79 Å². The van der Waals surface area contributed by atoms with Crippen LogP contribution in [0.25, 0.3) is 0 Å². The molecule has 6 nitrogen and oxygen atoms in total. The third kappa shape index (κ3) is 4.28. The quantitative estimate of drug-likeness (QED) is 0.784. The number of urea groups is 1. The molecule has 0 bridgehead atoms. The van der Waals surface area contributed by atoms with Crippen molar-refractivity contribution in [3.8, 4) is 11.5 Å². The summed E-state index contributed by atoms with van der Waals surface area (Å²) in [7, 11) is 4.95. The van der Waals surface area contributed by atoms with Crippen molar-refractivity contribution in [2.75, 3.05) is 41.0 Å². The van der Waals surface area contributed by atoms with E-state index < -0.39 is 0 Å². The van der Waals surface area contributed by atoms with Gasteiger partial charge in [0, 0.05) is 32.4 Å². The van der Waals surface area contributed by atoms with Crippen LogP contribution in [0.2, 0.25) is 0 Å². The Labute approximate surface area is 137 Å². The van der Waals surface area contributed by atoms with Crippen molar-refractivity contribution in [3.05, 3.63) is 23.8 Å². The second-order valence-electron chi connectivity index (χ2n) is 5.54. The van der Waals surface area contributed by atoms with Crippen LogP contribution in [0.15, 0.2) is 18.2 Å². The van der Waals surface area contributed by atoms with Crippen LogP contribution in [0, 0.1) is 0 Å². The number of methoxy groups -OCH3 is 3. The number of hydrogen-bond acceptors (Lipinski definition) is 4. The van der Waals surface area contributed by atoms with E-state index in [1.807, 2.05) is 23.1 Å². The highest BCUT2D eigenvalue weighted by atomic mass is 16.5. The Morgan fingerprint density at radius 3 is 2.83 bits per heavy atom. The van der Waals surface area contributed by atoms with E-state index >= 15 is 0 Å². The summed E-state index contributed by atoms with van der Waals surface area (Å²) in [5.74, 6) is 1.56. The Morgan fingerprint density at radius 1 is 1.30 bits per heavy atom. The lowest BCUT2D eigenvalue weighted by Crippen LogP contribution is -2.40. The number of nitrogens with zero attached hydrogens (tertiary/aromatic N) is 1. The lowest BCUT2D eigenvalue weighted by Gasteiger charge is -2.27. The summed E-state index contributed by atoms with van der Waals surface area (Å²) < 4.78 is 15.8. The fraction of sp³-hybridized carbons (Fsp3) is 0.588. The highest BCUT2D eigenvalue weighted by molar-refractivity contribution is 5.75. The van der Waals surface area contributed by atoms with Gasteiger partial charge in [-0.25, -0.2) is 4.79 Å². The second-order valence-corrected chi connectivity index (χ2v) is 5.54. The second kappa shape index (κ2) is 8.62. The molecule has 1 saturated heterocycles. The topological polar surface area (TPSA) is 60.0 Å². The molecule has 2 rings (SSSR count). The van der Waals surface area contributed by atoms with Gasteiger partial charge in [-0.15, -0.1) is 0 Å².